The van der Waals surface area contributed by atoms with Crippen LogP contribution in [-0.2, 0) is 0 Å². The fourth-order valence-corrected chi connectivity index (χ4v) is 1.55. The minimum Gasteiger partial charge on any atom is -0.289 e. The predicted molar refractivity (Wildman–Crippen MR) is 70.9 cm³/mol. The van der Waals surface area contributed by atoms with E-state index in [9.17, 15) is 9.18 Å². The molecule has 0 atom stereocenters. The second-order valence-corrected chi connectivity index (χ2v) is 3.94. The maximum absolute atomic E-state index is 12.7. The van der Waals surface area contributed by atoms with Gasteiger partial charge in [0.2, 0.25) is 0 Å². The first-order valence-corrected chi connectivity index (χ1v) is 5.67. The Labute approximate surface area is 110 Å². The number of carbonyl (C=O) groups excluding carboxylic acids is 1. The Morgan fingerprint density at radius 1 is 1.05 bits per heavy atom. The number of benzene rings is 2. The van der Waals surface area contributed by atoms with Crippen molar-refractivity contribution in [3.05, 3.63) is 77.1 Å². The van der Waals surface area contributed by atoms with Crippen LogP contribution in [0.3, 0.4) is 0 Å². The van der Waals surface area contributed by atoms with E-state index in [1.165, 1.54) is 18.2 Å². The van der Waals surface area contributed by atoms with E-state index in [0.29, 0.717) is 11.1 Å². The van der Waals surface area contributed by atoms with Crippen molar-refractivity contribution in [2.24, 2.45) is 0 Å². The fourth-order valence-electron chi connectivity index (χ4n) is 1.55. The van der Waals surface area contributed by atoms with Crippen LogP contribution in [0.15, 0.2) is 54.6 Å². The third kappa shape index (κ3) is 3.36. The van der Waals surface area contributed by atoms with Gasteiger partial charge in [-0.1, -0.05) is 18.2 Å². The maximum Gasteiger partial charge on any atom is 0.185 e. The summed E-state index contributed by atoms with van der Waals surface area (Å²) in [6, 6.07) is 14.3. The molecule has 0 spiro atoms. The maximum atomic E-state index is 12.7. The van der Waals surface area contributed by atoms with Crippen LogP contribution in [0.5, 0.6) is 0 Å². The van der Waals surface area contributed by atoms with E-state index in [1.54, 1.807) is 42.5 Å². The minimum atomic E-state index is -0.310. The van der Waals surface area contributed by atoms with E-state index in [2.05, 4.69) is 0 Å². The molecule has 0 aromatic heterocycles. The Morgan fingerprint density at radius 2 is 1.68 bits per heavy atom. The standard InChI is InChI=1S/C16H10FNO/c17-15-8-3-12(4-9-15)5-10-16(19)14-6-1-13(11-18)2-7-14/h1-10H/b10-5+. The highest BCUT2D eigenvalue weighted by Gasteiger charge is 2.01. The quantitative estimate of drug-likeness (QED) is 0.617. The van der Waals surface area contributed by atoms with E-state index in [0.717, 1.165) is 5.56 Å². The number of hydrogen-bond acceptors (Lipinski definition) is 2. The molecule has 0 amide bonds. The van der Waals surface area contributed by atoms with Crippen LogP contribution >= 0.6 is 0 Å². The van der Waals surface area contributed by atoms with Gasteiger partial charge >= 0.3 is 0 Å². The summed E-state index contributed by atoms with van der Waals surface area (Å²) >= 11 is 0. The normalized spacial score (nSPS) is 10.3. The molecule has 19 heavy (non-hydrogen) atoms. The summed E-state index contributed by atoms with van der Waals surface area (Å²) in [6.45, 7) is 0. The van der Waals surface area contributed by atoms with Crippen LogP contribution in [-0.4, -0.2) is 5.78 Å². The zero-order chi connectivity index (χ0) is 13.7. The van der Waals surface area contributed by atoms with E-state index >= 15 is 0 Å². The second-order valence-electron chi connectivity index (χ2n) is 3.94. The van der Waals surface area contributed by atoms with Crippen molar-refractivity contribution in [3.8, 4) is 6.07 Å². The van der Waals surface area contributed by atoms with E-state index < -0.39 is 0 Å². The molecule has 0 N–H and O–H groups in total. The van der Waals surface area contributed by atoms with Crippen LogP contribution in [0.1, 0.15) is 21.5 Å². The van der Waals surface area contributed by atoms with Crippen LogP contribution < -0.4 is 0 Å². The van der Waals surface area contributed by atoms with Crippen molar-refractivity contribution in [1.82, 2.24) is 0 Å². The van der Waals surface area contributed by atoms with E-state index in [-0.39, 0.29) is 11.6 Å². The minimum absolute atomic E-state index is 0.159. The van der Waals surface area contributed by atoms with Crippen molar-refractivity contribution in [1.29, 1.82) is 5.26 Å². The van der Waals surface area contributed by atoms with Crippen molar-refractivity contribution >= 4 is 11.9 Å². The van der Waals surface area contributed by atoms with Gasteiger partial charge in [0.05, 0.1) is 11.6 Å². The predicted octanol–water partition coefficient (Wildman–Crippen LogP) is 3.59. The molecule has 0 bridgehead atoms. The van der Waals surface area contributed by atoms with Crippen LogP contribution in [0.25, 0.3) is 6.08 Å². The molecule has 92 valence electrons. The summed E-state index contributed by atoms with van der Waals surface area (Å²) in [4.78, 5) is 11.8. The molecule has 0 aliphatic rings. The molecule has 2 aromatic carbocycles. The first-order valence-electron chi connectivity index (χ1n) is 5.67. The molecule has 0 heterocycles. The van der Waals surface area contributed by atoms with Gasteiger partial charge in [-0.3, -0.25) is 4.79 Å². The van der Waals surface area contributed by atoms with Gasteiger partial charge in [-0.2, -0.15) is 5.26 Å². The number of halogens is 1. The molecule has 2 nitrogen and oxygen atoms in total. The highest BCUT2D eigenvalue weighted by molar-refractivity contribution is 6.06. The number of nitrogens with zero attached hydrogens (tertiary/aromatic N) is 1. The molecular weight excluding hydrogens is 241 g/mol. The van der Waals surface area contributed by atoms with Gasteiger partial charge in [0.25, 0.3) is 0 Å². The third-order valence-electron chi connectivity index (χ3n) is 2.60. The summed E-state index contributed by atoms with van der Waals surface area (Å²) in [6.07, 6.45) is 3.05. The van der Waals surface area contributed by atoms with Crippen molar-refractivity contribution in [3.63, 3.8) is 0 Å². The molecule has 0 aliphatic carbocycles. The molecule has 2 rings (SSSR count). The van der Waals surface area contributed by atoms with Crippen molar-refractivity contribution < 1.29 is 9.18 Å². The Kier molecular flexibility index (Phi) is 3.84. The lowest BCUT2D eigenvalue weighted by atomic mass is 10.1. The third-order valence-corrected chi connectivity index (χ3v) is 2.60. The zero-order valence-corrected chi connectivity index (χ0v) is 10.0. The second kappa shape index (κ2) is 5.74. The molecule has 3 heteroatoms. The Morgan fingerprint density at radius 3 is 2.26 bits per heavy atom. The van der Waals surface area contributed by atoms with Gasteiger partial charge in [0.1, 0.15) is 5.82 Å². The van der Waals surface area contributed by atoms with Crippen LogP contribution in [0.2, 0.25) is 0 Å². The van der Waals surface area contributed by atoms with E-state index in [1.807, 2.05) is 6.07 Å². The molecule has 0 fully saturated rings. The van der Waals surface area contributed by atoms with Crippen LogP contribution in [0, 0.1) is 17.1 Å². The summed E-state index contributed by atoms with van der Waals surface area (Å²) in [5.74, 6) is -0.468. The molecular formula is C16H10FNO. The Bertz CT molecular complexity index is 649. The number of allylic oxidation sites excluding steroid dienone is 1. The zero-order valence-electron chi connectivity index (χ0n) is 10.0. The molecule has 0 unspecified atom stereocenters. The number of nitriles is 1. The average molecular weight is 251 g/mol. The SMILES string of the molecule is N#Cc1ccc(C(=O)/C=C/c2ccc(F)cc2)cc1. The lowest BCUT2D eigenvalue weighted by Gasteiger charge is -1.96. The highest BCUT2D eigenvalue weighted by Crippen LogP contribution is 2.08. The van der Waals surface area contributed by atoms with Gasteiger partial charge < -0.3 is 0 Å². The van der Waals surface area contributed by atoms with Gasteiger partial charge in [0.15, 0.2) is 5.78 Å². The summed E-state index contributed by atoms with van der Waals surface area (Å²) in [7, 11) is 0. The number of ketones is 1. The fraction of sp³-hybridized carbons (Fsp3) is 0. The summed E-state index contributed by atoms with van der Waals surface area (Å²) in [5.41, 5.74) is 1.78. The van der Waals surface area contributed by atoms with Crippen molar-refractivity contribution in [2.45, 2.75) is 0 Å². The number of rotatable bonds is 3. The van der Waals surface area contributed by atoms with Gasteiger partial charge in [-0.25, -0.2) is 4.39 Å². The lowest BCUT2D eigenvalue weighted by Crippen LogP contribution is -1.93. The highest BCUT2D eigenvalue weighted by atomic mass is 19.1. The first-order chi connectivity index (χ1) is 9.19. The van der Waals surface area contributed by atoms with Gasteiger partial charge in [0, 0.05) is 5.56 Å². The lowest BCUT2D eigenvalue weighted by molar-refractivity contribution is 0.104. The van der Waals surface area contributed by atoms with Gasteiger partial charge in [-0.05, 0) is 48.0 Å². The monoisotopic (exact) mass is 251 g/mol. The molecule has 2 aromatic rings. The Hall–Kier alpha value is -2.73. The molecule has 0 radical (unpaired) electrons. The summed E-state index contributed by atoms with van der Waals surface area (Å²) < 4.78 is 12.7. The van der Waals surface area contributed by atoms with Gasteiger partial charge in [-0.15, -0.1) is 0 Å². The van der Waals surface area contributed by atoms with Crippen LogP contribution in [0.4, 0.5) is 4.39 Å². The van der Waals surface area contributed by atoms with Crippen molar-refractivity contribution in [2.75, 3.05) is 0 Å². The molecule has 0 aliphatic heterocycles. The molecule has 0 saturated heterocycles. The number of carbonyl (C=O) groups is 1. The smallest absolute Gasteiger partial charge is 0.185 e. The average Bonchev–Trinajstić information content (AvgIpc) is 2.46. The largest absolute Gasteiger partial charge is 0.289 e. The summed E-state index contributed by atoms with van der Waals surface area (Å²) in [5, 5.41) is 8.66. The topological polar surface area (TPSA) is 40.9 Å². The molecule has 0 saturated carbocycles. The number of hydrogen-bond donors (Lipinski definition) is 0. The van der Waals surface area contributed by atoms with E-state index in [4.69, 9.17) is 5.26 Å². The Balaban J connectivity index is 2.12. The first kappa shape index (κ1) is 12.7.